The molecule has 28 heavy (non-hydrogen) atoms. The number of hydrogen-bond acceptors (Lipinski definition) is 5. The predicted molar refractivity (Wildman–Crippen MR) is 110 cm³/mol. The maximum absolute atomic E-state index is 13.3. The number of likely N-dealkylation sites (N-methyl/N-ethyl adjacent to an activating group) is 1. The third-order valence-corrected chi connectivity index (χ3v) is 5.59. The van der Waals surface area contributed by atoms with Crippen LogP contribution in [0.15, 0.2) is 41.8 Å². The molecule has 1 fully saturated rings. The summed E-state index contributed by atoms with van der Waals surface area (Å²) in [6.45, 7) is 1.35. The summed E-state index contributed by atoms with van der Waals surface area (Å²) >= 11 is 1.52. The van der Waals surface area contributed by atoms with Crippen molar-refractivity contribution < 1.29 is 9.18 Å². The summed E-state index contributed by atoms with van der Waals surface area (Å²) in [5, 5.41) is 9.65. The number of benzene rings is 1. The molecule has 2 aromatic heterocycles. The average molecular weight is 422 g/mol. The maximum Gasteiger partial charge on any atom is 0.293 e. The van der Waals surface area contributed by atoms with E-state index in [1.165, 1.54) is 23.5 Å². The lowest BCUT2D eigenvalue weighted by Crippen LogP contribution is -2.47. The molecule has 6 nitrogen and oxygen atoms in total. The van der Waals surface area contributed by atoms with Crippen LogP contribution in [0.2, 0.25) is 0 Å². The van der Waals surface area contributed by atoms with Crippen molar-refractivity contribution in [3.63, 3.8) is 0 Å². The third-order valence-electron chi connectivity index (χ3n) is 4.73. The predicted octanol–water partition coefficient (Wildman–Crippen LogP) is 3.38. The molecular weight excluding hydrogens is 401 g/mol. The Kier molecular flexibility index (Phi) is 6.43. The van der Waals surface area contributed by atoms with Crippen molar-refractivity contribution in [3.05, 3.63) is 53.4 Å². The van der Waals surface area contributed by atoms with Crippen LogP contribution in [0.4, 0.5) is 4.39 Å². The average Bonchev–Trinajstić information content (AvgIpc) is 3.38. The lowest BCUT2D eigenvalue weighted by Gasteiger charge is -2.31. The van der Waals surface area contributed by atoms with Gasteiger partial charge in [-0.2, -0.15) is 0 Å². The summed E-state index contributed by atoms with van der Waals surface area (Å²) in [5.41, 5.74) is 0.665. The number of thiophene rings is 1. The SMILES string of the molecule is CNC1CCCN(C(=O)c2nc(-c3cccs3)n(-c3ccc(F)cc3)n2)C1.Cl. The zero-order chi connectivity index (χ0) is 18.8. The second kappa shape index (κ2) is 8.81. The number of carbonyl (C=O) groups excluding carboxylic acids is 1. The van der Waals surface area contributed by atoms with Gasteiger partial charge in [-0.25, -0.2) is 14.1 Å². The Morgan fingerprint density at radius 1 is 1.29 bits per heavy atom. The minimum absolute atomic E-state index is 0. The van der Waals surface area contributed by atoms with Gasteiger partial charge < -0.3 is 10.2 Å². The van der Waals surface area contributed by atoms with Crippen LogP contribution in [0.5, 0.6) is 0 Å². The number of aromatic nitrogens is 3. The molecule has 0 aliphatic carbocycles. The minimum atomic E-state index is -0.320. The first-order valence-electron chi connectivity index (χ1n) is 8.89. The number of hydrogen-bond donors (Lipinski definition) is 1. The van der Waals surface area contributed by atoms with Crippen LogP contribution < -0.4 is 5.32 Å². The Morgan fingerprint density at radius 3 is 2.75 bits per heavy atom. The Labute approximate surface area is 172 Å². The van der Waals surface area contributed by atoms with Crippen molar-refractivity contribution >= 4 is 29.7 Å². The highest BCUT2D eigenvalue weighted by atomic mass is 35.5. The molecule has 148 valence electrons. The molecular formula is C19H21ClFN5OS. The van der Waals surface area contributed by atoms with Crippen LogP contribution in [0.1, 0.15) is 23.5 Å². The lowest BCUT2D eigenvalue weighted by molar-refractivity contribution is 0.0686. The molecule has 1 aromatic carbocycles. The first-order valence-corrected chi connectivity index (χ1v) is 9.77. The van der Waals surface area contributed by atoms with Gasteiger partial charge in [0.05, 0.1) is 10.6 Å². The molecule has 1 aliphatic rings. The number of likely N-dealkylation sites (tertiary alicyclic amines) is 1. The molecule has 3 heterocycles. The topological polar surface area (TPSA) is 63.1 Å². The quantitative estimate of drug-likeness (QED) is 0.701. The first kappa shape index (κ1) is 20.4. The van der Waals surface area contributed by atoms with Crippen molar-refractivity contribution in [3.8, 4) is 16.4 Å². The lowest BCUT2D eigenvalue weighted by atomic mass is 10.1. The molecule has 9 heteroatoms. The van der Waals surface area contributed by atoms with Crippen molar-refractivity contribution in [2.75, 3.05) is 20.1 Å². The van der Waals surface area contributed by atoms with E-state index in [1.807, 2.05) is 24.6 Å². The fourth-order valence-electron chi connectivity index (χ4n) is 3.27. The summed E-state index contributed by atoms with van der Waals surface area (Å²) < 4.78 is 14.9. The highest BCUT2D eigenvalue weighted by molar-refractivity contribution is 7.13. The highest BCUT2D eigenvalue weighted by Gasteiger charge is 2.27. The smallest absolute Gasteiger partial charge is 0.293 e. The summed E-state index contributed by atoms with van der Waals surface area (Å²) in [6.07, 6.45) is 2.01. The Morgan fingerprint density at radius 2 is 2.07 bits per heavy atom. The number of nitrogens with one attached hydrogen (secondary N) is 1. The number of piperidine rings is 1. The fraction of sp³-hybridized carbons (Fsp3) is 0.316. The van der Waals surface area contributed by atoms with Crippen LogP contribution >= 0.6 is 23.7 Å². The van der Waals surface area contributed by atoms with Crippen LogP contribution in [-0.4, -0.2) is 51.8 Å². The second-order valence-electron chi connectivity index (χ2n) is 6.50. The maximum atomic E-state index is 13.3. The van der Waals surface area contributed by atoms with Gasteiger partial charge in [0, 0.05) is 19.1 Å². The van der Waals surface area contributed by atoms with Gasteiger partial charge in [0.2, 0.25) is 5.82 Å². The zero-order valence-electron chi connectivity index (χ0n) is 15.3. The summed E-state index contributed by atoms with van der Waals surface area (Å²) in [4.78, 5) is 20.2. The normalized spacial score (nSPS) is 16.6. The fourth-order valence-corrected chi connectivity index (χ4v) is 3.97. The molecule has 1 aliphatic heterocycles. The molecule has 3 aromatic rings. The molecule has 1 saturated heterocycles. The standard InChI is InChI=1S/C19H20FN5OS.ClH/c1-21-14-4-2-10-24(12-14)19(26)17-22-18(16-5-3-11-27-16)25(23-17)15-8-6-13(20)7-9-15;/h3,5-9,11,14,21H,2,4,10,12H2,1H3;1H. The highest BCUT2D eigenvalue weighted by Crippen LogP contribution is 2.26. The van der Waals surface area contributed by atoms with E-state index in [1.54, 1.807) is 21.7 Å². The van der Waals surface area contributed by atoms with E-state index < -0.39 is 0 Å². The van der Waals surface area contributed by atoms with Gasteiger partial charge in [-0.15, -0.1) is 28.8 Å². The summed E-state index contributed by atoms with van der Waals surface area (Å²) in [5.74, 6) is 0.259. The number of nitrogens with zero attached hydrogens (tertiary/aromatic N) is 4. The van der Waals surface area contributed by atoms with Crippen molar-refractivity contribution in [1.29, 1.82) is 0 Å². The van der Waals surface area contributed by atoms with E-state index in [4.69, 9.17) is 0 Å². The molecule has 4 rings (SSSR count). The Hall–Kier alpha value is -2.29. The first-order chi connectivity index (χ1) is 13.2. The van der Waals surface area contributed by atoms with E-state index >= 15 is 0 Å². The van der Waals surface area contributed by atoms with Gasteiger partial charge in [0.1, 0.15) is 5.82 Å². The molecule has 1 N–H and O–H groups in total. The Bertz CT molecular complexity index is 928. The van der Waals surface area contributed by atoms with Crippen molar-refractivity contribution in [2.45, 2.75) is 18.9 Å². The van der Waals surface area contributed by atoms with Crippen LogP contribution in [0.25, 0.3) is 16.4 Å². The van der Waals surface area contributed by atoms with Gasteiger partial charge in [-0.05, 0) is 55.6 Å². The monoisotopic (exact) mass is 421 g/mol. The van der Waals surface area contributed by atoms with E-state index in [9.17, 15) is 9.18 Å². The van der Waals surface area contributed by atoms with Crippen molar-refractivity contribution in [1.82, 2.24) is 25.0 Å². The number of rotatable bonds is 4. The molecule has 1 atom stereocenters. The molecule has 0 spiro atoms. The van der Waals surface area contributed by atoms with Crippen molar-refractivity contribution in [2.24, 2.45) is 0 Å². The summed E-state index contributed by atoms with van der Waals surface area (Å²) in [7, 11) is 1.91. The molecule has 0 radical (unpaired) electrons. The van der Waals surface area contributed by atoms with Gasteiger partial charge in [0.15, 0.2) is 5.82 Å². The van der Waals surface area contributed by atoms with E-state index in [0.717, 1.165) is 17.7 Å². The minimum Gasteiger partial charge on any atom is -0.334 e. The molecule has 0 saturated carbocycles. The van der Waals surface area contributed by atoms with Gasteiger partial charge in [0.25, 0.3) is 5.91 Å². The number of amides is 1. The van der Waals surface area contributed by atoms with Gasteiger partial charge in [-0.1, -0.05) is 6.07 Å². The van der Waals surface area contributed by atoms with E-state index in [0.29, 0.717) is 30.6 Å². The molecule has 1 amide bonds. The van der Waals surface area contributed by atoms with E-state index in [-0.39, 0.29) is 30.0 Å². The van der Waals surface area contributed by atoms with E-state index in [2.05, 4.69) is 15.4 Å². The number of carbonyl (C=O) groups is 1. The summed E-state index contributed by atoms with van der Waals surface area (Å²) in [6, 6.07) is 10.2. The third kappa shape index (κ3) is 4.09. The Balaban J connectivity index is 0.00000225. The van der Waals surface area contributed by atoms with Gasteiger partial charge in [-0.3, -0.25) is 4.79 Å². The molecule has 1 unspecified atom stereocenters. The number of halogens is 2. The van der Waals surface area contributed by atoms with Crippen LogP contribution in [-0.2, 0) is 0 Å². The molecule has 0 bridgehead atoms. The largest absolute Gasteiger partial charge is 0.334 e. The van der Waals surface area contributed by atoms with Crippen LogP contribution in [0.3, 0.4) is 0 Å². The zero-order valence-corrected chi connectivity index (χ0v) is 17.0. The second-order valence-corrected chi connectivity index (χ2v) is 7.45. The van der Waals surface area contributed by atoms with Gasteiger partial charge >= 0.3 is 0 Å². The van der Waals surface area contributed by atoms with Crippen LogP contribution in [0, 0.1) is 5.82 Å².